The summed E-state index contributed by atoms with van der Waals surface area (Å²) >= 11 is 0. The van der Waals surface area contributed by atoms with E-state index in [0.717, 1.165) is 0 Å². The molecule has 0 atom stereocenters. The normalized spacial score (nSPS) is 12.0. The smallest absolute Gasteiger partial charge is 0.203 e. The number of hydrogen-bond acceptors (Lipinski definition) is 3. The van der Waals surface area contributed by atoms with Crippen molar-refractivity contribution in [2.75, 3.05) is 0 Å². The number of rotatable bonds is 0. The van der Waals surface area contributed by atoms with Crippen LogP contribution in [0.5, 0.6) is 11.8 Å². The first-order chi connectivity index (χ1) is 5.77. The lowest BCUT2D eigenvalue weighted by molar-refractivity contribution is 0.428. The van der Waals surface area contributed by atoms with E-state index in [9.17, 15) is 10.2 Å². The molecule has 0 saturated carbocycles. The molecule has 60 valence electrons. The van der Waals surface area contributed by atoms with E-state index in [2.05, 4.69) is 4.98 Å². The molecule has 0 aliphatic carbocycles. The minimum Gasteiger partial charge on any atom is -0.494 e. The average molecular weight is 163 g/mol. The van der Waals surface area contributed by atoms with E-state index in [1.807, 2.05) is 0 Å². The van der Waals surface area contributed by atoms with Crippen molar-refractivity contribution in [1.29, 1.82) is 0 Å². The van der Waals surface area contributed by atoms with Crippen molar-refractivity contribution in [2.45, 2.75) is 0 Å². The minimum atomic E-state index is -0.0446. The summed E-state index contributed by atoms with van der Waals surface area (Å²) in [5, 5.41) is 19.7. The third-order valence-electron chi connectivity index (χ3n) is 2.06. The maximum atomic E-state index is 9.31. The van der Waals surface area contributed by atoms with Crippen LogP contribution in [-0.4, -0.2) is 15.2 Å². The molecule has 0 radical (unpaired) electrons. The molecule has 3 heterocycles. The molecule has 0 aromatic carbocycles. The van der Waals surface area contributed by atoms with E-state index in [1.165, 1.54) is 0 Å². The van der Waals surface area contributed by atoms with E-state index in [0.29, 0.717) is 21.9 Å². The Kier molecular flexibility index (Phi) is 0.721. The number of nitrogens with one attached hydrogen (secondary N) is 1. The fraction of sp³-hybridized carbons (Fsp3) is 0. The molecule has 0 saturated heterocycles. The number of aromatic amines is 1. The van der Waals surface area contributed by atoms with Gasteiger partial charge in [0.05, 0.1) is 10.8 Å². The van der Waals surface area contributed by atoms with Gasteiger partial charge in [0, 0.05) is 0 Å². The van der Waals surface area contributed by atoms with Crippen LogP contribution in [0.25, 0.3) is 21.9 Å². The van der Waals surface area contributed by atoms with Gasteiger partial charge < -0.3 is 14.6 Å². The van der Waals surface area contributed by atoms with Gasteiger partial charge in [-0.1, -0.05) is 0 Å². The van der Waals surface area contributed by atoms with Crippen LogP contribution >= 0.6 is 0 Å². The average Bonchev–Trinajstić information content (AvgIpc) is 2.64. The predicted molar refractivity (Wildman–Crippen MR) is 42.6 cm³/mol. The molecule has 3 rings (SSSR count). The monoisotopic (exact) mass is 163 g/mol. The van der Waals surface area contributed by atoms with Crippen molar-refractivity contribution in [3.05, 3.63) is 12.1 Å². The summed E-state index contributed by atoms with van der Waals surface area (Å²) < 4.78 is 5.23. The van der Waals surface area contributed by atoms with Gasteiger partial charge in [-0.05, 0) is 12.1 Å². The van der Waals surface area contributed by atoms with Gasteiger partial charge in [-0.3, -0.25) is 4.98 Å². The zero-order valence-electron chi connectivity index (χ0n) is 5.96. The van der Waals surface area contributed by atoms with Crippen molar-refractivity contribution >= 4 is 21.9 Å². The van der Waals surface area contributed by atoms with Crippen LogP contribution in [0.2, 0.25) is 0 Å². The Morgan fingerprint density at radius 3 is 2.00 bits per heavy atom. The maximum Gasteiger partial charge on any atom is 0.203 e. The molecular weight excluding hydrogens is 158 g/mol. The maximum absolute atomic E-state index is 9.31. The minimum absolute atomic E-state index is 0.0446. The highest BCUT2D eigenvalue weighted by molar-refractivity contribution is 6.12. The Labute approximate surface area is 66.4 Å². The first kappa shape index (κ1) is 5.77. The third kappa shape index (κ3) is 0.431. The summed E-state index contributed by atoms with van der Waals surface area (Å²) in [4.78, 5) is 2.43. The van der Waals surface area contributed by atoms with Gasteiger partial charge in [-0.25, -0.2) is 0 Å². The van der Waals surface area contributed by atoms with Crippen LogP contribution in [0.1, 0.15) is 0 Å². The second-order valence-electron chi connectivity index (χ2n) is 2.74. The van der Waals surface area contributed by atoms with Gasteiger partial charge in [-0.15, -0.1) is 0 Å². The Bertz CT molecular complexity index is 503. The van der Waals surface area contributed by atoms with Crippen molar-refractivity contribution < 1.29 is 14.6 Å². The topological polar surface area (TPSA) is 69.4 Å². The number of H-pyrrole nitrogens is 1. The molecule has 12 heavy (non-hydrogen) atoms. The van der Waals surface area contributed by atoms with Crippen LogP contribution in [0.15, 0.2) is 16.5 Å². The Morgan fingerprint density at radius 1 is 1.00 bits per heavy atom. The lowest BCUT2D eigenvalue weighted by Crippen LogP contribution is -1.60. The summed E-state index contributed by atoms with van der Waals surface area (Å²) in [6.45, 7) is 0. The molecule has 0 aliphatic heterocycles. The SMILES string of the molecule is Oc1[nH]c(O)c2c3ccc(o3)c12. The van der Waals surface area contributed by atoms with E-state index in [-0.39, 0.29) is 11.8 Å². The van der Waals surface area contributed by atoms with Gasteiger partial charge in [-0.2, -0.15) is 0 Å². The highest BCUT2D eigenvalue weighted by atomic mass is 16.3. The van der Waals surface area contributed by atoms with Crippen molar-refractivity contribution in [3.8, 4) is 11.8 Å². The zero-order valence-corrected chi connectivity index (χ0v) is 5.96. The van der Waals surface area contributed by atoms with E-state index >= 15 is 0 Å². The van der Waals surface area contributed by atoms with Gasteiger partial charge >= 0.3 is 0 Å². The number of aromatic hydroxyl groups is 2. The molecule has 0 unspecified atom stereocenters. The van der Waals surface area contributed by atoms with Gasteiger partial charge in [0.15, 0.2) is 0 Å². The molecule has 2 bridgehead atoms. The molecule has 3 aromatic heterocycles. The lowest BCUT2D eigenvalue weighted by Gasteiger charge is -1.81. The Hall–Kier alpha value is -1.84. The summed E-state index contributed by atoms with van der Waals surface area (Å²) in [6, 6.07) is 3.51. The number of fused-ring (bicyclic) bond motifs is 5. The first-order valence-corrected chi connectivity index (χ1v) is 3.52. The molecule has 0 aliphatic rings. The summed E-state index contributed by atoms with van der Waals surface area (Å²) in [7, 11) is 0. The van der Waals surface area contributed by atoms with Crippen LogP contribution in [0.3, 0.4) is 0 Å². The third-order valence-corrected chi connectivity index (χ3v) is 2.06. The molecule has 0 amide bonds. The number of furan rings is 2. The first-order valence-electron chi connectivity index (χ1n) is 3.52. The van der Waals surface area contributed by atoms with E-state index < -0.39 is 0 Å². The second kappa shape index (κ2) is 1.50. The van der Waals surface area contributed by atoms with Crippen LogP contribution in [0.4, 0.5) is 0 Å². The zero-order chi connectivity index (χ0) is 8.29. The van der Waals surface area contributed by atoms with Gasteiger partial charge in [0.25, 0.3) is 0 Å². The lowest BCUT2D eigenvalue weighted by atomic mass is 10.2. The summed E-state index contributed by atoms with van der Waals surface area (Å²) in [5.41, 5.74) is 1.18. The Morgan fingerprint density at radius 2 is 1.50 bits per heavy atom. The predicted octanol–water partition coefficient (Wildman–Crippen LogP) is 1.76. The van der Waals surface area contributed by atoms with E-state index in [4.69, 9.17) is 4.42 Å². The van der Waals surface area contributed by atoms with Crippen LogP contribution < -0.4 is 0 Å². The highest BCUT2D eigenvalue weighted by Gasteiger charge is 2.18. The van der Waals surface area contributed by atoms with Gasteiger partial charge in [0.1, 0.15) is 11.2 Å². The van der Waals surface area contributed by atoms with E-state index in [1.54, 1.807) is 12.1 Å². The molecule has 0 spiro atoms. The number of hydrogen-bond donors (Lipinski definition) is 3. The van der Waals surface area contributed by atoms with Crippen molar-refractivity contribution in [3.63, 3.8) is 0 Å². The highest BCUT2D eigenvalue weighted by Crippen LogP contribution is 2.41. The number of benzene rings is 1. The number of aromatic nitrogens is 1. The Balaban J connectivity index is 2.75. The fourth-order valence-electron chi connectivity index (χ4n) is 1.56. The molecule has 3 N–H and O–H groups in total. The standard InChI is InChI=1S/C8H5NO3/c10-7-5-3-1-2-4(12-3)6(5)8(11)9-7/h1-2,9-11H. The molecule has 0 fully saturated rings. The molecule has 4 nitrogen and oxygen atoms in total. The fourth-order valence-corrected chi connectivity index (χ4v) is 1.56. The molecule has 4 heteroatoms. The van der Waals surface area contributed by atoms with Gasteiger partial charge in [0.2, 0.25) is 11.8 Å². The summed E-state index contributed by atoms with van der Waals surface area (Å²) in [5.74, 6) is -0.0892. The summed E-state index contributed by atoms with van der Waals surface area (Å²) in [6.07, 6.45) is 0. The second-order valence-corrected chi connectivity index (χ2v) is 2.74. The van der Waals surface area contributed by atoms with Crippen LogP contribution in [-0.2, 0) is 0 Å². The van der Waals surface area contributed by atoms with Crippen LogP contribution in [0, 0.1) is 0 Å². The molecular formula is C8H5NO3. The quantitative estimate of drug-likeness (QED) is 0.473. The van der Waals surface area contributed by atoms with Crippen molar-refractivity contribution in [2.24, 2.45) is 0 Å². The largest absolute Gasteiger partial charge is 0.494 e. The van der Waals surface area contributed by atoms with Crippen molar-refractivity contribution in [1.82, 2.24) is 4.98 Å². The molecule has 3 aromatic rings.